The number of carbonyl (C=O) groups is 1. The molecule has 23 heavy (non-hydrogen) atoms. The summed E-state index contributed by atoms with van der Waals surface area (Å²) in [5.41, 5.74) is 0.971. The number of pyridine rings is 1. The smallest absolute Gasteiger partial charge is 0.225 e. The highest BCUT2D eigenvalue weighted by Gasteiger charge is 2.30. The molecule has 4 heterocycles. The van der Waals surface area contributed by atoms with E-state index in [-0.39, 0.29) is 5.92 Å². The predicted octanol–water partition coefficient (Wildman–Crippen LogP) is 2.92. The molecule has 4 rings (SSSR count). The zero-order valence-electron chi connectivity index (χ0n) is 13.3. The van der Waals surface area contributed by atoms with Crippen molar-refractivity contribution in [2.24, 2.45) is 5.92 Å². The largest absolute Gasteiger partial charge is 0.348 e. The highest BCUT2D eigenvalue weighted by atomic mass is 32.1. The Morgan fingerprint density at radius 3 is 2.65 bits per heavy atom. The molecule has 6 heteroatoms. The molecule has 0 N–H and O–H groups in total. The Labute approximate surface area is 140 Å². The minimum absolute atomic E-state index is 0.205. The van der Waals surface area contributed by atoms with Gasteiger partial charge < -0.3 is 9.80 Å². The molecule has 2 aromatic rings. The Morgan fingerprint density at radius 1 is 1.13 bits per heavy atom. The second kappa shape index (κ2) is 6.43. The third-order valence-electron chi connectivity index (χ3n) is 4.94. The number of hydrogen-bond donors (Lipinski definition) is 0. The van der Waals surface area contributed by atoms with Crippen LogP contribution < -0.4 is 4.90 Å². The molecule has 122 valence electrons. The lowest BCUT2D eigenvalue weighted by Gasteiger charge is -2.35. The van der Waals surface area contributed by atoms with E-state index in [4.69, 9.17) is 0 Å². The molecule has 5 nitrogen and oxygen atoms in total. The molecule has 2 aromatic heterocycles. The SMILES string of the molecule is O=C(C1CCN(c2nc3cccnc3s2)CC1)N1CCCCC1. The molecular formula is C17H22N4OS. The minimum Gasteiger partial charge on any atom is -0.348 e. The summed E-state index contributed by atoms with van der Waals surface area (Å²) >= 11 is 1.65. The van der Waals surface area contributed by atoms with Crippen molar-refractivity contribution >= 4 is 32.7 Å². The number of rotatable bonds is 2. The van der Waals surface area contributed by atoms with Gasteiger partial charge >= 0.3 is 0 Å². The summed E-state index contributed by atoms with van der Waals surface area (Å²) in [4.78, 5) is 27.1. The van der Waals surface area contributed by atoms with Crippen LogP contribution in [0.3, 0.4) is 0 Å². The predicted molar refractivity (Wildman–Crippen MR) is 92.8 cm³/mol. The number of amides is 1. The number of aromatic nitrogens is 2. The first-order chi connectivity index (χ1) is 11.3. The van der Waals surface area contributed by atoms with Crippen LogP contribution in [0, 0.1) is 5.92 Å². The third kappa shape index (κ3) is 3.04. The third-order valence-corrected chi connectivity index (χ3v) is 5.98. The Bertz CT molecular complexity index is 654. The van der Waals surface area contributed by atoms with E-state index in [1.807, 2.05) is 18.3 Å². The quantitative estimate of drug-likeness (QED) is 0.849. The Hall–Kier alpha value is -1.69. The van der Waals surface area contributed by atoms with Gasteiger partial charge in [-0.1, -0.05) is 11.3 Å². The molecule has 1 amide bonds. The van der Waals surface area contributed by atoms with Gasteiger partial charge in [0, 0.05) is 38.3 Å². The average Bonchev–Trinajstić information content (AvgIpc) is 3.06. The van der Waals surface area contributed by atoms with Gasteiger partial charge in [-0.2, -0.15) is 0 Å². The average molecular weight is 330 g/mol. The lowest BCUT2D eigenvalue weighted by Crippen LogP contribution is -2.44. The van der Waals surface area contributed by atoms with E-state index in [1.165, 1.54) is 19.3 Å². The topological polar surface area (TPSA) is 49.3 Å². The summed E-state index contributed by atoms with van der Waals surface area (Å²) in [6.45, 7) is 3.76. The number of likely N-dealkylation sites (tertiary alicyclic amines) is 1. The van der Waals surface area contributed by atoms with Gasteiger partial charge in [0.25, 0.3) is 0 Å². The molecule has 0 atom stereocenters. The van der Waals surface area contributed by atoms with Gasteiger partial charge in [-0.25, -0.2) is 9.97 Å². The van der Waals surface area contributed by atoms with E-state index < -0.39 is 0 Å². The number of anilines is 1. The standard InChI is InChI=1S/C17H22N4OS/c22-16(20-9-2-1-3-10-20)13-6-11-21(12-7-13)17-19-14-5-4-8-18-15(14)23-17/h4-5,8,13H,1-3,6-7,9-12H2. The lowest BCUT2D eigenvalue weighted by atomic mass is 9.94. The molecule has 0 radical (unpaired) electrons. The summed E-state index contributed by atoms with van der Waals surface area (Å²) in [6.07, 6.45) is 7.31. The first-order valence-corrected chi connectivity index (χ1v) is 9.38. The number of piperidine rings is 2. The van der Waals surface area contributed by atoms with Crippen LogP contribution in [0.15, 0.2) is 18.3 Å². The van der Waals surface area contributed by atoms with Crippen molar-refractivity contribution in [3.05, 3.63) is 18.3 Å². The second-order valence-electron chi connectivity index (χ2n) is 6.47. The first-order valence-electron chi connectivity index (χ1n) is 8.56. The molecule has 2 fully saturated rings. The van der Waals surface area contributed by atoms with Gasteiger partial charge in [-0.3, -0.25) is 4.79 Å². The van der Waals surface area contributed by atoms with Crippen LogP contribution in [0.5, 0.6) is 0 Å². The van der Waals surface area contributed by atoms with Crippen molar-refractivity contribution in [3.8, 4) is 0 Å². The fourth-order valence-electron chi connectivity index (χ4n) is 3.58. The lowest BCUT2D eigenvalue weighted by molar-refractivity contribution is -0.137. The maximum atomic E-state index is 12.6. The van der Waals surface area contributed by atoms with Crippen LogP contribution in [-0.4, -0.2) is 47.0 Å². The molecule has 2 saturated heterocycles. The fraction of sp³-hybridized carbons (Fsp3) is 0.588. The Balaban J connectivity index is 1.39. The highest BCUT2D eigenvalue weighted by Crippen LogP contribution is 2.31. The second-order valence-corrected chi connectivity index (χ2v) is 7.43. The molecule has 0 aliphatic carbocycles. The Kier molecular flexibility index (Phi) is 4.16. The fourth-order valence-corrected chi connectivity index (χ4v) is 4.54. The van der Waals surface area contributed by atoms with Crippen molar-refractivity contribution < 1.29 is 4.79 Å². The van der Waals surface area contributed by atoms with E-state index in [0.717, 1.165) is 54.5 Å². The number of hydrogen-bond acceptors (Lipinski definition) is 5. The van der Waals surface area contributed by atoms with Crippen LogP contribution in [-0.2, 0) is 4.79 Å². The van der Waals surface area contributed by atoms with Gasteiger partial charge in [0.2, 0.25) is 5.91 Å². The molecule has 0 spiro atoms. The summed E-state index contributed by atoms with van der Waals surface area (Å²) < 4.78 is 0. The van der Waals surface area contributed by atoms with E-state index in [0.29, 0.717) is 5.91 Å². The van der Waals surface area contributed by atoms with Crippen molar-refractivity contribution in [1.29, 1.82) is 0 Å². The van der Waals surface area contributed by atoms with Crippen LogP contribution in [0.25, 0.3) is 10.3 Å². The van der Waals surface area contributed by atoms with Crippen molar-refractivity contribution in [1.82, 2.24) is 14.9 Å². The first kappa shape index (κ1) is 14.9. The summed E-state index contributed by atoms with van der Waals surface area (Å²) in [5.74, 6) is 0.590. The van der Waals surface area contributed by atoms with E-state index >= 15 is 0 Å². The molecule has 0 bridgehead atoms. The normalized spacial score (nSPS) is 20.2. The van der Waals surface area contributed by atoms with Crippen molar-refractivity contribution in [2.45, 2.75) is 32.1 Å². The van der Waals surface area contributed by atoms with E-state index in [1.54, 1.807) is 11.3 Å². The van der Waals surface area contributed by atoms with Gasteiger partial charge in [-0.15, -0.1) is 0 Å². The maximum absolute atomic E-state index is 12.6. The van der Waals surface area contributed by atoms with Gasteiger partial charge in [0.1, 0.15) is 10.3 Å². The minimum atomic E-state index is 0.205. The molecule has 2 aliphatic rings. The summed E-state index contributed by atoms with van der Waals surface area (Å²) in [6, 6.07) is 3.93. The van der Waals surface area contributed by atoms with Crippen LogP contribution in [0.2, 0.25) is 0 Å². The highest BCUT2D eigenvalue weighted by molar-refractivity contribution is 7.21. The van der Waals surface area contributed by atoms with Gasteiger partial charge in [0.15, 0.2) is 5.13 Å². The number of fused-ring (bicyclic) bond motifs is 1. The number of nitrogens with zero attached hydrogens (tertiary/aromatic N) is 4. The van der Waals surface area contributed by atoms with Crippen molar-refractivity contribution in [2.75, 3.05) is 31.1 Å². The Morgan fingerprint density at radius 2 is 1.91 bits per heavy atom. The number of thiazole rings is 1. The zero-order chi connectivity index (χ0) is 15.6. The van der Waals surface area contributed by atoms with Gasteiger partial charge in [0.05, 0.1) is 0 Å². The van der Waals surface area contributed by atoms with Gasteiger partial charge in [-0.05, 0) is 44.2 Å². The van der Waals surface area contributed by atoms with Crippen LogP contribution in [0.4, 0.5) is 5.13 Å². The summed E-state index contributed by atoms with van der Waals surface area (Å²) in [5, 5.41) is 1.04. The van der Waals surface area contributed by atoms with E-state index in [2.05, 4.69) is 19.8 Å². The molecule has 0 saturated carbocycles. The van der Waals surface area contributed by atoms with Crippen LogP contribution in [0.1, 0.15) is 32.1 Å². The monoisotopic (exact) mass is 330 g/mol. The molecule has 0 aromatic carbocycles. The summed E-state index contributed by atoms with van der Waals surface area (Å²) in [7, 11) is 0. The van der Waals surface area contributed by atoms with E-state index in [9.17, 15) is 4.79 Å². The molecular weight excluding hydrogens is 308 g/mol. The maximum Gasteiger partial charge on any atom is 0.225 e. The van der Waals surface area contributed by atoms with Crippen LogP contribution >= 0.6 is 11.3 Å². The zero-order valence-corrected chi connectivity index (χ0v) is 14.1. The molecule has 0 unspecified atom stereocenters. The molecule has 2 aliphatic heterocycles. The van der Waals surface area contributed by atoms with Crippen molar-refractivity contribution in [3.63, 3.8) is 0 Å². The number of carbonyl (C=O) groups excluding carboxylic acids is 1.